The molecule has 1 saturated carbocycles. The van der Waals surface area contributed by atoms with E-state index in [0.29, 0.717) is 12.5 Å². The molecule has 25 heavy (non-hydrogen) atoms. The third-order valence-corrected chi connectivity index (χ3v) is 4.96. The lowest BCUT2D eigenvalue weighted by Crippen LogP contribution is -2.38. The van der Waals surface area contributed by atoms with Crippen molar-refractivity contribution in [2.45, 2.75) is 31.8 Å². The number of imidazole rings is 1. The number of rotatable bonds is 6. The number of amides is 2. The molecule has 1 unspecified atom stereocenters. The van der Waals surface area contributed by atoms with E-state index in [1.807, 2.05) is 22.9 Å². The van der Waals surface area contributed by atoms with Gasteiger partial charge in [0.05, 0.1) is 0 Å². The van der Waals surface area contributed by atoms with Gasteiger partial charge in [0.25, 0.3) is 0 Å². The zero-order valence-electron chi connectivity index (χ0n) is 14.3. The number of aromatic nitrogens is 3. The van der Waals surface area contributed by atoms with Gasteiger partial charge in [-0.1, -0.05) is 0 Å². The number of carbonyl (C=O) groups excluding carboxylic acids is 1. The molecule has 132 valence electrons. The molecule has 2 aliphatic rings. The molecule has 2 aromatic rings. The van der Waals surface area contributed by atoms with Crippen molar-refractivity contribution in [1.82, 2.24) is 30.1 Å². The second-order valence-corrected chi connectivity index (χ2v) is 6.94. The number of nitrogens with zero attached hydrogens (tertiary/aromatic N) is 4. The lowest BCUT2D eigenvalue weighted by molar-refractivity contribution is 0.238. The summed E-state index contributed by atoms with van der Waals surface area (Å²) in [5, 5.41) is 5.93. The van der Waals surface area contributed by atoms with Gasteiger partial charge >= 0.3 is 6.03 Å². The van der Waals surface area contributed by atoms with Gasteiger partial charge in [-0.05, 0) is 49.4 Å². The van der Waals surface area contributed by atoms with E-state index in [4.69, 9.17) is 0 Å². The fraction of sp³-hybridized carbons (Fsp3) is 0.500. The molecule has 7 heteroatoms. The first-order valence-electron chi connectivity index (χ1n) is 8.97. The predicted molar refractivity (Wildman–Crippen MR) is 94.3 cm³/mol. The first-order chi connectivity index (χ1) is 12.3. The first kappa shape index (κ1) is 16.1. The van der Waals surface area contributed by atoms with Gasteiger partial charge in [-0.25, -0.2) is 14.8 Å². The monoisotopic (exact) mass is 340 g/mol. The molecular weight excluding hydrogens is 316 g/mol. The molecule has 3 heterocycles. The summed E-state index contributed by atoms with van der Waals surface area (Å²) in [7, 11) is 0. The van der Waals surface area contributed by atoms with Gasteiger partial charge in [-0.2, -0.15) is 0 Å². The lowest BCUT2D eigenvalue weighted by atomic mass is 10.1. The van der Waals surface area contributed by atoms with Crippen LogP contribution < -0.4 is 10.6 Å². The molecular formula is C18H24N6O. The molecule has 1 aliphatic carbocycles. The number of pyridine rings is 1. The third-order valence-electron chi connectivity index (χ3n) is 4.96. The summed E-state index contributed by atoms with van der Waals surface area (Å²) in [5.41, 5.74) is 1.01. The van der Waals surface area contributed by atoms with Gasteiger partial charge in [0.15, 0.2) is 0 Å². The maximum Gasteiger partial charge on any atom is 0.315 e. The zero-order valence-corrected chi connectivity index (χ0v) is 14.3. The zero-order chi connectivity index (χ0) is 17.1. The van der Waals surface area contributed by atoms with Gasteiger partial charge in [-0.3, -0.25) is 4.57 Å². The van der Waals surface area contributed by atoms with E-state index in [9.17, 15) is 4.79 Å². The highest BCUT2D eigenvalue weighted by atomic mass is 16.2. The van der Waals surface area contributed by atoms with E-state index < -0.39 is 0 Å². The topological polar surface area (TPSA) is 75.1 Å². The summed E-state index contributed by atoms with van der Waals surface area (Å²) in [6, 6.07) is 4.58. The highest BCUT2D eigenvalue weighted by Crippen LogP contribution is 2.31. The molecule has 2 amide bonds. The highest BCUT2D eigenvalue weighted by Gasteiger charge is 2.34. The van der Waals surface area contributed by atoms with Crippen molar-refractivity contribution in [2.24, 2.45) is 5.92 Å². The molecule has 4 rings (SSSR count). The van der Waals surface area contributed by atoms with Crippen LogP contribution in [0.4, 0.5) is 4.79 Å². The van der Waals surface area contributed by atoms with Crippen LogP contribution in [-0.4, -0.2) is 51.1 Å². The average molecular weight is 340 g/mol. The Morgan fingerprint density at radius 2 is 2.16 bits per heavy atom. The van der Waals surface area contributed by atoms with Gasteiger partial charge in [0.1, 0.15) is 12.1 Å². The van der Waals surface area contributed by atoms with Gasteiger partial charge in [0, 0.05) is 44.3 Å². The van der Waals surface area contributed by atoms with Crippen molar-refractivity contribution in [3.8, 4) is 5.82 Å². The molecule has 0 radical (unpaired) electrons. The van der Waals surface area contributed by atoms with Crippen LogP contribution in [0.15, 0.2) is 37.1 Å². The summed E-state index contributed by atoms with van der Waals surface area (Å²) in [6.45, 7) is 3.55. The second kappa shape index (κ2) is 7.23. The molecule has 0 aromatic carbocycles. The Hall–Kier alpha value is -2.41. The van der Waals surface area contributed by atoms with Crippen LogP contribution in [0.2, 0.25) is 0 Å². The highest BCUT2D eigenvalue weighted by molar-refractivity contribution is 5.73. The molecule has 0 bridgehead atoms. The fourth-order valence-electron chi connectivity index (χ4n) is 3.39. The quantitative estimate of drug-likeness (QED) is 0.837. The van der Waals surface area contributed by atoms with Gasteiger partial charge < -0.3 is 15.5 Å². The standard InChI is InChI=1S/C18H24N6O/c25-18(22-11-15-4-7-23(12-15)16-1-2-16)21-10-14-3-5-20-17(9-14)24-8-6-19-13-24/h3,5-6,8-9,13,15-16H,1-2,4,7,10-12H2,(H2,21,22,25). The summed E-state index contributed by atoms with van der Waals surface area (Å²) < 4.78 is 1.84. The van der Waals surface area contributed by atoms with E-state index in [0.717, 1.165) is 30.5 Å². The molecule has 2 N–H and O–H groups in total. The summed E-state index contributed by atoms with van der Waals surface area (Å²) in [4.78, 5) is 23.0. The van der Waals surface area contributed by atoms with Crippen LogP contribution in [0.5, 0.6) is 0 Å². The predicted octanol–water partition coefficient (Wildman–Crippen LogP) is 1.55. The lowest BCUT2D eigenvalue weighted by Gasteiger charge is -2.15. The fourth-order valence-corrected chi connectivity index (χ4v) is 3.39. The number of hydrogen-bond acceptors (Lipinski definition) is 4. The Morgan fingerprint density at radius 1 is 1.24 bits per heavy atom. The Kier molecular flexibility index (Phi) is 4.65. The van der Waals surface area contributed by atoms with E-state index in [1.54, 1.807) is 18.7 Å². The Morgan fingerprint density at radius 3 is 2.96 bits per heavy atom. The van der Waals surface area contributed by atoms with Crippen LogP contribution in [0.3, 0.4) is 0 Å². The molecule has 0 spiro atoms. The molecule has 1 atom stereocenters. The van der Waals surface area contributed by atoms with Crippen molar-refractivity contribution < 1.29 is 4.79 Å². The molecule has 2 aromatic heterocycles. The van der Waals surface area contributed by atoms with Crippen LogP contribution in [0.25, 0.3) is 5.82 Å². The maximum atomic E-state index is 12.0. The van der Waals surface area contributed by atoms with Gasteiger partial charge in [-0.15, -0.1) is 0 Å². The molecule has 2 fully saturated rings. The first-order valence-corrected chi connectivity index (χ1v) is 8.97. The van der Waals surface area contributed by atoms with Crippen molar-refractivity contribution >= 4 is 6.03 Å². The van der Waals surface area contributed by atoms with E-state index in [-0.39, 0.29) is 6.03 Å². The number of hydrogen-bond donors (Lipinski definition) is 2. The summed E-state index contributed by atoms with van der Waals surface area (Å²) >= 11 is 0. The van der Waals surface area contributed by atoms with E-state index in [1.165, 1.54) is 25.8 Å². The second-order valence-electron chi connectivity index (χ2n) is 6.94. The number of likely N-dealkylation sites (tertiary alicyclic amines) is 1. The van der Waals surface area contributed by atoms with Crippen molar-refractivity contribution in [3.63, 3.8) is 0 Å². The van der Waals surface area contributed by atoms with Gasteiger partial charge in [0.2, 0.25) is 0 Å². The van der Waals surface area contributed by atoms with Crippen molar-refractivity contribution in [2.75, 3.05) is 19.6 Å². The normalized spacial score (nSPS) is 20.6. The molecule has 1 saturated heterocycles. The Balaban J connectivity index is 1.21. The Bertz CT molecular complexity index is 712. The van der Waals surface area contributed by atoms with Crippen molar-refractivity contribution in [1.29, 1.82) is 0 Å². The third kappa shape index (κ3) is 4.17. The van der Waals surface area contributed by atoms with Crippen LogP contribution in [0.1, 0.15) is 24.8 Å². The van der Waals surface area contributed by atoms with Crippen LogP contribution in [0, 0.1) is 5.92 Å². The molecule has 7 nitrogen and oxygen atoms in total. The SMILES string of the molecule is O=C(NCc1ccnc(-n2ccnc2)c1)NCC1CCN(C2CC2)C1. The number of urea groups is 1. The van der Waals surface area contributed by atoms with Crippen LogP contribution in [-0.2, 0) is 6.54 Å². The molecule has 1 aliphatic heterocycles. The Labute approximate surface area is 147 Å². The summed E-state index contributed by atoms with van der Waals surface area (Å²) in [6.07, 6.45) is 10.9. The minimum atomic E-state index is -0.106. The average Bonchev–Trinajstić information content (AvgIpc) is 3.14. The smallest absolute Gasteiger partial charge is 0.315 e. The van der Waals surface area contributed by atoms with Crippen LogP contribution >= 0.6 is 0 Å². The number of nitrogens with one attached hydrogen (secondary N) is 2. The van der Waals surface area contributed by atoms with Crippen molar-refractivity contribution in [3.05, 3.63) is 42.6 Å². The minimum Gasteiger partial charge on any atom is -0.338 e. The summed E-state index contributed by atoms with van der Waals surface area (Å²) in [5.74, 6) is 1.38. The maximum absolute atomic E-state index is 12.0. The van der Waals surface area contributed by atoms with E-state index >= 15 is 0 Å². The van der Waals surface area contributed by atoms with E-state index in [2.05, 4.69) is 25.5 Å². The minimum absolute atomic E-state index is 0.106. The number of carbonyl (C=O) groups is 1. The largest absolute Gasteiger partial charge is 0.338 e.